The molecular formula is C21H29NO8. The summed E-state index contributed by atoms with van der Waals surface area (Å²) in [5.41, 5.74) is -2.30. The number of carbonyl (C=O) groups is 4. The van der Waals surface area contributed by atoms with Gasteiger partial charge in [0, 0.05) is 12.2 Å². The molecule has 0 unspecified atom stereocenters. The highest BCUT2D eigenvalue weighted by atomic mass is 16.6. The van der Waals surface area contributed by atoms with Crippen LogP contribution in [0.4, 0.5) is 4.79 Å². The molecule has 0 aromatic carbocycles. The number of hydrogen-bond acceptors (Lipinski definition) is 8. The van der Waals surface area contributed by atoms with Crippen LogP contribution in [0.15, 0.2) is 37.0 Å². The minimum Gasteiger partial charge on any atom is -0.466 e. The van der Waals surface area contributed by atoms with Crippen LogP contribution in [0.5, 0.6) is 0 Å². The van der Waals surface area contributed by atoms with Gasteiger partial charge >= 0.3 is 24.0 Å². The largest absolute Gasteiger partial charge is 0.466 e. The van der Waals surface area contributed by atoms with E-state index in [-0.39, 0.29) is 13.0 Å². The summed E-state index contributed by atoms with van der Waals surface area (Å²) in [5, 5.41) is 0. The van der Waals surface area contributed by atoms with Gasteiger partial charge in [0.1, 0.15) is 12.2 Å². The number of ether oxygens (including phenoxy) is 4. The zero-order chi connectivity index (χ0) is 22.9. The molecule has 0 aromatic rings. The number of nitrogens with zero attached hydrogens (tertiary/aromatic N) is 1. The van der Waals surface area contributed by atoms with Gasteiger partial charge in [-0.3, -0.25) is 4.90 Å². The first-order chi connectivity index (χ1) is 14.0. The van der Waals surface area contributed by atoms with Crippen molar-refractivity contribution in [2.24, 2.45) is 0 Å². The smallest absolute Gasteiger partial charge is 0.412 e. The quantitative estimate of drug-likeness (QED) is 0.266. The van der Waals surface area contributed by atoms with Crippen molar-refractivity contribution in [3.05, 3.63) is 37.0 Å². The van der Waals surface area contributed by atoms with E-state index < -0.39 is 41.2 Å². The van der Waals surface area contributed by atoms with Crippen molar-refractivity contribution in [1.82, 2.24) is 4.90 Å². The first-order valence-corrected chi connectivity index (χ1v) is 9.34. The van der Waals surface area contributed by atoms with Gasteiger partial charge in [0.05, 0.1) is 20.3 Å². The number of carbonyl (C=O) groups excluding carboxylic acids is 4. The van der Waals surface area contributed by atoms with Crippen LogP contribution in [-0.4, -0.2) is 66.9 Å². The van der Waals surface area contributed by atoms with Crippen LogP contribution in [0, 0.1) is 0 Å². The Balaban J connectivity index is 3.16. The van der Waals surface area contributed by atoms with Gasteiger partial charge in [0.15, 0.2) is 5.54 Å². The summed E-state index contributed by atoms with van der Waals surface area (Å²) in [5.74, 6) is -1.91. The summed E-state index contributed by atoms with van der Waals surface area (Å²) in [6.07, 6.45) is 6.27. The van der Waals surface area contributed by atoms with Gasteiger partial charge in [0.25, 0.3) is 0 Å². The third-order valence-corrected chi connectivity index (χ3v) is 4.29. The van der Waals surface area contributed by atoms with E-state index >= 15 is 0 Å². The first-order valence-electron chi connectivity index (χ1n) is 9.34. The van der Waals surface area contributed by atoms with E-state index in [1.54, 1.807) is 20.8 Å². The molecular weight excluding hydrogens is 394 g/mol. The number of amides is 1. The van der Waals surface area contributed by atoms with Gasteiger partial charge in [-0.15, -0.1) is 6.58 Å². The molecule has 1 amide bonds. The predicted octanol–water partition coefficient (Wildman–Crippen LogP) is 2.31. The van der Waals surface area contributed by atoms with Crippen LogP contribution < -0.4 is 0 Å². The molecule has 0 spiro atoms. The van der Waals surface area contributed by atoms with E-state index in [9.17, 15) is 19.2 Å². The highest BCUT2D eigenvalue weighted by molar-refractivity contribution is 5.90. The van der Waals surface area contributed by atoms with Gasteiger partial charge < -0.3 is 18.9 Å². The van der Waals surface area contributed by atoms with Crippen molar-refractivity contribution < 1.29 is 38.1 Å². The van der Waals surface area contributed by atoms with Crippen LogP contribution >= 0.6 is 0 Å². The molecule has 1 fully saturated rings. The molecule has 1 heterocycles. The lowest BCUT2D eigenvalue weighted by molar-refractivity contribution is -0.152. The van der Waals surface area contributed by atoms with E-state index in [0.717, 1.165) is 6.08 Å². The molecule has 9 nitrogen and oxygen atoms in total. The zero-order valence-electron chi connectivity index (χ0n) is 18.0. The highest BCUT2D eigenvalue weighted by Gasteiger charge is 2.54. The zero-order valence-corrected chi connectivity index (χ0v) is 18.0. The fraction of sp³-hybridized carbons (Fsp3) is 0.524. The molecule has 1 rings (SSSR count). The van der Waals surface area contributed by atoms with Gasteiger partial charge in [-0.2, -0.15) is 0 Å². The van der Waals surface area contributed by atoms with Crippen LogP contribution in [0.2, 0.25) is 0 Å². The Labute approximate surface area is 176 Å². The molecule has 1 saturated heterocycles. The maximum Gasteiger partial charge on any atom is 0.412 e. The Morgan fingerprint density at radius 1 is 1.10 bits per heavy atom. The first kappa shape index (κ1) is 24.9. The average Bonchev–Trinajstić information content (AvgIpc) is 3.07. The molecule has 2 atom stereocenters. The third kappa shape index (κ3) is 6.47. The second-order valence-corrected chi connectivity index (χ2v) is 7.49. The molecule has 30 heavy (non-hydrogen) atoms. The van der Waals surface area contributed by atoms with Crippen LogP contribution in [0.1, 0.15) is 33.6 Å². The minimum absolute atomic E-state index is 0.200. The number of methoxy groups -OCH3 is 2. The summed E-state index contributed by atoms with van der Waals surface area (Å²) < 4.78 is 19.8. The molecule has 0 saturated carbocycles. The summed E-state index contributed by atoms with van der Waals surface area (Å²) in [6, 6.07) is -0.616. The molecule has 0 aromatic heterocycles. The molecule has 1 aliphatic heterocycles. The maximum atomic E-state index is 12.9. The number of likely N-dealkylation sites (tertiary alicyclic amines) is 1. The second kappa shape index (κ2) is 10.6. The lowest BCUT2D eigenvalue weighted by atomic mass is 9.96. The van der Waals surface area contributed by atoms with E-state index in [1.807, 2.05) is 0 Å². The Bertz CT molecular complexity index is 734. The standard InChI is InChI=1S/C21H29NO8/c1-7-21(18(25)29-14-8-9-16(23)27-5)13-12-15(10-11-17(24)28-6)22(21)19(26)30-20(2,3)4/h7-11,15H,1,12-14H2,2-6H3/b9-8+,11-10+/t15-,21+/m0/s1. The lowest BCUT2D eigenvalue weighted by Crippen LogP contribution is -2.56. The normalized spacial score (nSPS) is 21.5. The molecule has 166 valence electrons. The summed E-state index contributed by atoms with van der Waals surface area (Å²) in [4.78, 5) is 49.7. The molecule has 1 aliphatic rings. The SMILES string of the molecule is C=C[C@]1(C(=O)OC/C=C/C(=O)OC)CC[C@H](/C=C/C(=O)OC)N1C(=O)OC(C)(C)C. The number of rotatable bonds is 7. The summed E-state index contributed by atoms with van der Waals surface area (Å²) in [7, 11) is 2.46. The number of hydrogen-bond donors (Lipinski definition) is 0. The van der Waals surface area contributed by atoms with Crippen molar-refractivity contribution in [2.75, 3.05) is 20.8 Å². The molecule has 0 N–H and O–H groups in total. The Hall–Kier alpha value is -3.10. The van der Waals surface area contributed by atoms with Crippen LogP contribution in [0.3, 0.4) is 0 Å². The summed E-state index contributed by atoms with van der Waals surface area (Å²) >= 11 is 0. The van der Waals surface area contributed by atoms with E-state index in [2.05, 4.69) is 16.1 Å². The van der Waals surface area contributed by atoms with Gasteiger partial charge in [-0.05, 0) is 39.7 Å². The molecule has 0 bridgehead atoms. The topological polar surface area (TPSA) is 108 Å². The Morgan fingerprint density at radius 3 is 2.23 bits per heavy atom. The summed E-state index contributed by atoms with van der Waals surface area (Å²) in [6.45, 7) is 8.62. The fourth-order valence-corrected chi connectivity index (χ4v) is 2.91. The van der Waals surface area contributed by atoms with Crippen molar-refractivity contribution >= 4 is 24.0 Å². The molecule has 0 radical (unpaired) electrons. The highest BCUT2D eigenvalue weighted by Crippen LogP contribution is 2.38. The molecule has 0 aliphatic carbocycles. The predicted molar refractivity (Wildman–Crippen MR) is 107 cm³/mol. The van der Waals surface area contributed by atoms with Gasteiger partial charge in [-0.1, -0.05) is 12.2 Å². The monoisotopic (exact) mass is 423 g/mol. The minimum atomic E-state index is -1.49. The second-order valence-electron chi connectivity index (χ2n) is 7.49. The van der Waals surface area contributed by atoms with Crippen molar-refractivity contribution in [3.8, 4) is 0 Å². The van der Waals surface area contributed by atoms with Crippen molar-refractivity contribution in [2.45, 2.75) is 50.8 Å². The maximum absolute atomic E-state index is 12.9. The third-order valence-electron chi connectivity index (χ3n) is 4.29. The van der Waals surface area contributed by atoms with Gasteiger partial charge in [0.2, 0.25) is 0 Å². The number of esters is 3. The van der Waals surface area contributed by atoms with Crippen LogP contribution in [-0.2, 0) is 33.3 Å². The fourth-order valence-electron chi connectivity index (χ4n) is 2.91. The average molecular weight is 423 g/mol. The van der Waals surface area contributed by atoms with Crippen molar-refractivity contribution in [1.29, 1.82) is 0 Å². The van der Waals surface area contributed by atoms with Crippen LogP contribution in [0.25, 0.3) is 0 Å². The Morgan fingerprint density at radius 2 is 1.70 bits per heavy atom. The lowest BCUT2D eigenvalue weighted by Gasteiger charge is -2.37. The molecule has 9 heteroatoms. The van der Waals surface area contributed by atoms with E-state index in [1.165, 1.54) is 43.4 Å². The van der Waals surface area contributed by atoms with Gasteiger partial charge in [-0.25, -0.2) is 19.2 Å². The van der Waals surface area contributed by atoms with Crippen molar-refractivity contribution in [3.63, 3.8) is 0 Å². The Kier molecular flexibility index (Phi) is 8.82. The van der Waals surface area contributed by atoms with E-state index in [4.69, 9.17) is 9.47 Å². The van der Waals surface area contributed by atoms with E-state index in [0.29, 0.717) is 6.42 Å².